The number of non-ortho nitro benzene ring substituents is 1. The van der Waals surface area contributed by atoms with E-state index in [0.717, 1.165) is 6.07 Å². The van der Waals surface area contributed by atoms with Crippen LogP contribution in [0.25, 0.3) is 12.2 Å². The summed E-state index contributed by atoms with van der Waals surface area (Å²) < 4.78 is 38.2. The summed E-state index contributed by atoms with van der Waals surface area (Å²) in [5, 5.41) is 10.2. The second kappa shape index (κ2) is 6.19. The lowest BCUT2D eigenvalue weighted by molar-refractivity contribution is -0.384. The van der Waals surface area contributed by atoms with Crippen molar-refractivity contribution < 1.29 is 18.1 Å². The molecule has 114 valence electrons. The summed E-state index contributed by atoms with van der Waals surface area (Å²) in [7, 11) is 0. The van der Waals surface area contributed by atoms with Crippen LogP contribution in [0.4, 0.5) is 18.9 Å². The predicted molar refractivity (Wildman–Crippen MR) is 78.5 cm³/mol. The zero-order valence-corrected chi connectivity index (χ0v) is 11.7. The van der Waals surface area contributed by atoms with Gasteiger partial charge in [0.2, 0.25) is 0 Å². The van der Waals surface area contributed by atoms with Crippen LogP contribution in [0.15, 0.2) is 42.5 Å². The molecule has 0 bridgehead atoms. The number of halogens is 4. The SMILES string of the molecule is O=[N+]([O-])c1ccc(C=Cc2ccc(Cl)c(C(F)(F)F)c2)cc1. The van der Waals surface area contributed by atoms with Gasteiger partial charge in [0.15, 0.2) is 0 Å². The minimum Gasteiger partial charge on any atom is -0.258 e. The molecule has 0 saturated carbocycles. The van der Waals surface area contributed by atoms with E-state index >= 15 is 0 Å². The van der Waals surface area contributed by atoms with E-state index in [1.807, 2.05) is 0 Å². The van der Waals surface area contributed by atoms with Gasteiger partial charge >= 0.3 is 6.18 Å². The van der Waals surface area contributed by atoms with Crippen LogP contribution in [0.1, 0.15) is 16.7 Å². The van der Waals surface area contributed by atoms with Gasteiger partial charge in [-0.05, 0) is 35.4 Å². The topological polar surface area (TPSA) is 43.1 Å². The van der Waals surface area contributed by atoms with Gasteiger partial charge in [0.25, 0.3) is 5.69 Å². The molecule has 0 amide bonds. The van der Waals surface area contributed by atoms with Crippen molar-refractivity contribution in [1.82, 2.24) is 0 Å². The molecule has 0 aliphatic heterocycles. The van der Waals surface area contributed by atoms with Crippen LogP contribution in [0.2, 0.25) is 5.02 Å². The Morgan fingerprint density at radius 2 is 1.55 bits per heavy atom. The Labute approximate surface area is 128 Å². The van der Waals surface area contributed by atoms with Gasteiger partial charge in [0.05, 0.1) is 15.5 Å². The Morgan fingerprint density at radius 1 is 1.00 bits per heavy atom. The number of nitrogens with zero attached hydrogens (tertiary/aromatic N) is 1. The molecule has 2 aromatic rings. The molecule has 0 atom stereocenters. The van der Waals surface area contributed by atoms with Gasteiger partial charge in [-0.2, -0.15) is 13.2 Å². The minimum absolute atomic E-state index is 0.0528. The van der Waals surface area contributed by atoms with Crippen molar-refractivity contribution in [3.05, 3.63) is 74.3 Å². The maximum atomic E-state index is 12.7. The van der Waals surface area contributed by atoms with Crippen LogP contribution in [-0.4, -0.2) is 4.92 Å². The van der Waals surface area contributed by atoms with Crippen LogP contribution < -0.4 is 0 Å². The standard InChI is InChI=1S/C15H9ClF3NO2/c16-14-8-5-11(9-13(14)15(17,18)19)2-1-10-3-6-12(7-4-10)20(21)22/h1-9H. The highest BCUT2D eigenvalue weighted by molar-refractivity contribution is 6.31. The molecule has 7 heteroatoms. The van der Waals surface area contributed by atoms with Gasteiger partial charge < -0.3 is 0 Å². The summed E-state index contributed by atoms with van der Waals surface area (Å²) in [6, 6.07) is 9.25. The number of nitro groups is 1. The lowest BCUT2D eigenvalue weighted by atomic mass is 10.1. The number of hydrogen-bond donors (Lipinski definition) is 0. The first-order chi connectivity index (χ1) is 10.3. The first kappa shape index (κ1) is 16.0. The largest absolute Gasteiger partial charge is 0.417 e. The Morgan fingerprint density at radius 3 is 2.09 bits per heavy atom. The highest BCUT2D eigenvalue weighted by atomic mass is 35.5. The van der Waals surface area contributed by atoms with E-state index in [0.29, 0.717) is 11.1 Å². The van der Waals surface area contributed by atoms with Crippen LogP contribution in [0.5, 0.6) is 0 Å². The lowest BCUT2D eigenvalue weighted by Gasteiger charge is -2.09. The number of alkyl halides is 3. The number of rotatable bonds is 3. The third-order valence-electron chi connectivity index (χ3n) is 2.87. The molecule has 0 heterocycles. The summed E-state index contributed by atoms with van der Waals surface area (Å²) in [6.45, 7) is 0. The molecule has 2 rings (SSSR count). The van der Waals surface area contributed by atoms with Crippen molar-refractivity contribution in [2.24, 2.45) is 0 Å². The van der Waals surface area contributed by atoms with Crippen LogP contribution >= 0.6 is 11.6 Å². The molecule has 3 nitrogen and oxygen atoms in total. The highest BCUT2D eigenvalue weighted by Gasteiger charge is 2.33. The molecule has 0 N–H and O–H groups in total. The fourth-order valence-corrected chi connectivity index (χ4v) is 1.99. The number of hydrogen-bond acceptors (Lipinski definition) is 2. The average Bonchev–Trinajstić information content (AvgIpc) is 2.45. The molecule has 0 aliphatic carbocycles. The zero-order valence-electron chi connectivity index (χ0n) is 11.0. The van der Waals surface area contributed by atoms with E-state index < -0.39 is 16.7 Å². The summed E-state index contributed by atoms with van der Waals surface area (Å²) in [5.41, 5.74) is 0.00667. The second-order valence-corrected chi connectivity index (χ2v) is 4.83. The quantitative estimate of drug-likeness (QED) is 0.428. The van der Waals surface area contributed by atoms with Gasteiger partial charge in [-0.3, -0.25) is 10.1 Å². The van der Waals surface area contributed by atoms with E-state index in [1.165, 1.54) is 42.5 Å². The Balaban J connectivity index is 2.25. The summed E-state index contributed by atoms with van der Waals surface area (Å²) in [4.78, 5) is 10.00. The van der Waals surface area contributed by atoms with E-state index in [-0.39, 0.29) is 10.7 Å². The molecule has 2 aromatic carbocycles. The van der Waals surface area contributed by atoms with Crippen molar-refractivity contribution in [1.29, 1.82) is 0 Å². The Hall–Kier alpha value is -2.34. The third-order valence-corrected chi connectivity index (χ3v) is 3.20. The number of nitro benzene ring substituents is 1. The molecule has 0 radical (unpaired) electrons. The van der Waals surface area contributed by atoms with Gasteiger partial charge in [0.1, 0.15) is 0 Å². The molecule has 0 aliphatic rings. The van der Waals surface area contributed by atoms with Gasteiger partial charge in [-0.1, -0.05) is 29.8 Å². The van der Waals surface area contributed by atoms with Crippen LogP contribution in [-0.2, 0) is 6.18 Å². The molecule has 0 unspecified atom stereocenters. The fraction of sp³-hybridized carbons (Fsp3) is 0.0667. The third kappa shape index (κ3) is 3.85. The summed E-state index contributed by atoms with van der Waals surface area (Å²) in [6.07, 6.45) is -1.48. The van der Waals surface area contributed by atoms with Crippen molar-refractivity contribution >= 4 is 29.4 Å². The normalized spacial score (nSPS) is 11.8. The Kier molecular flexibility index (Phi) is 4.51. The van der Waals surface area contributed by atoms with E-state index in [4.69, 9.17) is 11.6 Å². The lowest BCUT2D eigenvalue weighted by Crippen LogP contribution is -2.05. The predicted octanol–water partition coefficient (Wildman–Crippen LogP) is 5.44. The van der Waals surface area contributed by atoms with E-state index in [1.54, 1.807) is 6.08 Å². The summed E-state index contributed by atoms with van der Waals surface area (Å²) >= 11 is 5.54. The summed E-state index contributed by atoms with van der Waals surface area (Å²) in [5.74, 6) is 0. The van der Waals surface area contributed by atoms with E-state index in [2.05, 4.69) is 0 Å². The second-order valence-electron chi connectivity index (χ2n) is 4.42. The first-order valence-corrected chi connectivity index (χ1v) is 6.44. The average molecular weight is 328 g/mol. The molecule has 0 fully saturated rings. The minimum atomic E-state index is -4.52. The zero-order chi connectivity index (χ0) is 16.3. The molecule has 0 saturated heterocycles. The maximum Gasteiger partial charge on any atom is 0.417 e. The molecule has 0 aromatic heterocycles. The van der Waals surface area contributed by atoms with E-state index in [9.17, 15) is 23.3 Å². The molecular formula is C15H9ClF3NO2. The molecular weight excluding hydrogens is 319 g/mol. The fourth-order valence-electron chi connectivity index (χ4n) is 1.76. The van der Waals surface area contributed by atoms with Crippen molar-refractivity contribution in [3.63, 3.8) is 0 Å². The van der Waals surface area contributed by atoms with Gasteiger partial charge in [-0.15, -0.1) is 0 Å². The monoisotopic (exact) mass is 327 g/mol. The van der Waals surface area contributed by atoms with Crippen molar-refractivity contribution in [2.45, 2.75) is 6.18 Å². The van der Waals surface area contributed by atoms with Crippen LogP contribution in [0.3, 0.4) is 0 Å². The van der Waals surface area contributed by atoms with Crippen molar-refractivity contribution in [3.8, 4) is 0 Å². The maximum absolute atomic E-state index is 12.7. The number of benzene rings is 2. The Bertz CT molecular complexity index is 725. The van der Waals surface area contributed by atoms with Crippen LogP contribution in [0, 0.1) is 10.1 Å². The first-order valence-electron chi connectivity index (χ1n) is 6.06. The highest BCUT2D eigenvalue weighted by Crippen LogP contribution is 2.35. The smallest absolute Gasteiger partial charge is 0.258 e. The molecule has 22 heavy (non-hydrogen) atoms. The van der Waals surface area contributed by atoms with Gasteiger partial charge in [0, 0.05) is 12.1 Å². The van der Waals surface area contributed by atoms with Crippen molar-refractivity contribution in [2.75, 3.05) is 0 Å². The molecule has 0 spiro atoms. The van der Waals surface area contributed by atoms with Gasteiger partial charge in [-0.25, -0.2) is 0 Å².